The molecule has 0 radical (unpaired) electrons. The fourth-order valence-corrected chi connectivity index (χ4v) is 5.00. The van der Waals surface area contributed by atoms with E-state index in [0.717, 1.165) is 12.1 Å². The largest absolute Gasteiger partial charge is 0.491 e. The maximum absolute atomic E-state index is 14.6. The van der Waals surface area contributed by atoms with Gasteiger partial charge in [0, 0.05) is 43.7 Å². The van der Waals surface area contributed by atoms with Crippen LogP contribution in [0.2, 0.25) is 0 Å². The molecule has 0 bridgehead atoms. The molecule has 3 heterocycles. The Labute approximate surface area is 271 Å². The molecule has 48 heavy (non-hydrogen) atoms. The molecule has 0 saturated carbocycles. The second kappa shape index (κ2) is 13.2. The lowest BCUT2D eigenvalue weighted by Crippen LogP contribution is -2.42. The van der Waals surface area contributed by atoms with Crippen LogP contribution < -0.4 is 20.1 Å². The van der Waals surface area contributed by atoms with Crippen molar-refractivity contribution in [3.8, 4) is 17.2 Å². The molecule has 0 spiro atoms. The number of hydrogen-bond donors (Lipinski definition) is 3. The van der Waals surface area contributed by atoms with Crippen molar-refractivity contribution < 1.29 is 45.8 Å². The quantitative estimate of drug-likeness (QED) is 0.158. The van der Waals surface area contributed by atoms with Gasteiger partial charge in [0.1, 0.15) is 35.2 Å². The van der Waals surface area contributed by atoms with Gasteiger partial charge in [0.2, 0.25) is 5.95 Å². The molecule has 4 aromatic rings. The van der Waals surface area contributed by atoms with Crippen molar-refractivity contribution in [3.63, 3.8) is 0 Å². The molecular weight excluding hydrogens is 643 g/mol. The van der Waals surface area contributed by atoms with Gasteiger partial charge in [-0.3, -0.25) is 9.78 Å². The molecule has 3 N–H and O–H groups in total. The first-order valence-electron chi connectivity index (χ1n) is 14.9. The lowest BCUT2D eigenvalue weighted by atomic mass is 10.1. The third-order valence-corrected chi connectivity index (χ3v) is 7.26. The topological polar surface area (TPSA) is 131 Å². The highest BCUT2D eigenvalue weighted by molar-refractivity contribution is 5.92. The minimum Gasteiger partial charge on any atom is -0.491 e. The Balaban J connectivity index is 1.36. The monoisotopic (exact) mass is 676 g/mol. The Kier molecular flexibility index (Phi) is 9.37. The SMILES string of the molecule is CNC(=O)c1cc(Oc2ccc3nc(Nc4ccc(C(F)(F)C(F)(F)F)c(OC[C@H]5CCCN5C(=O)OC(C)(C)C)c4)[nH]c3c2)ccn1. The van der Waals surface area contributed by atoms with Gasteiger partial charge in [0.15, 0.2) is 0 Å². The van der Waals surface area contributed by atoms with Crippen LogP contribution in [0.25, 0.3) is 11.0 Å². The number of hydrogen-bond acceptors (Lipinski definition) is 8. The molecular formula is C32H33F5N6O5. The first-order chi connectivity index (χ1) is 22.5. The summed E-state index contributed by atoms with van der Waals surface area (Å²) in [6, 6.07) is 10.1. The number of aromatic nitrogens is 3. The number of nitrogens with zero attached hydrogens (tertiary/aromatic N) is 3. The highest BCUT2D eigenvalue weighted by Crippen LogP contribution is 2.48. The van der Waals surface area contributed by atoms with Gasteiger partial charge < -0.3 is 34.7 Å². The van der Waals surface area contributed by atoms with Crippen molar-refractivity contribution >= 4 is 34.7 Å². The van der Waals surface area contributed by atoms with E-state index in [1.807, 2.05) is 0 Å². The van der Waals surface area contributed by atoms with Gasteiger partial charge in [-0.05, 0) is 63.9 Å². The van der Waals surface area contributed by atoms with Crippen LogP contribution in [0.4, 0.5) is 38.4 Å². The average molecular weight is 677 g/mol. The number of nitrogens with one attached hydrogen (secondary N) is 3. The Bertz CT molecular complexity index is 1810. The predicted octanol–water partition coefficient (Wildman–Crippen LogP) is 7.29. The Hall–Kier alpha value is -5.15. The highest BCUT2D eigenvalue weighted by Gasteiger charge is 2.60. The standard InChI is InChI=1S/C32H33F5N6O5/c1-30(2,3)48-29(45)43-13-5-6-19(43)17-46-26-14-18(7-9-22(26)31(33,34)32(35,36)37)40-28-41-23-10-8-20(15-24(23)42-28)47-21-11-12-39-25(16-21)27(44)38-4/h7-12,14-16,19H,5-6,13,17H2,1-4H3,(H,38,44)(H2,40,41,42)/t19-/m1/s1. The normalized spacial score (nSPS) is 15.4. The fraction of sp³-hybridized carbons (Fsp3) is 0.375. The number of rotatable bonds is 9. The van der Waals surface area contributed by atoms with E-state index < -0.39 is 41.1 Å². The zero-order valence-corrected chi connectivity index (χ0v) is 26.4. The summed E-state index contributed by atoms with van der Waals surface area (Å²) in [6.07, 6.45) is -4.05. The Morgan fingerprint density at radius 1 is 1.02 bits per heavy atom. The predicted molar refractivity (Wildman–Crippen MR) is 165 cm³/mol. The maximum atomic E-state index is 14.6. The molecule has 1 aliphatic heterocycles. The molecule has 2 aromatic heterocycles. The fourth-order valence-electron chi connectivity index (χ4n) is 5.00. The molecule has 1 atom stereocenters. The molecule has 0 unspecified atom stereocenters. The minimum absolute atomic E-state index is 0.108. The van der Waals surface area contributed by atoms with E-state index in [0.29, 0.717) is 48.0 Å². The number of imidazole rings is 1. The Morgan fingerprint density at radius 2 is 1.77 bits per heavy atom. The zero-order valence-electron chi connectivity index (χ0n) is 26.4. The number of benzene rings is 2. The number of likely N-dealkylation sites (tertiary alicyclic amines) is 1. The molecule has 5 rings (SSSR count). The molecule has 16 heteroatoms. The average Bonchev–Trinajstić information content (AvgIpc) is 3.65. The van der Waals surface area contributed by atoms with Crippen LogP contribution >= 0.6 is 0 Å². The molecule has 1 aliphatic rings. The summed E-state index contributed by atoms with van der Waals surface area (Å²) < 4.78 is 86.4. The summed E-state index contributed by atoms with van der Waals surface area (Å²) >= 11 is 0. The van der Waals surface area contributed by atoms with Crippen molar-refractivity contribution in [2.24, 2.45) is 0 Å². The summed E-state index contributed by atoms with van der Waals surface area (Å²) in [5.41, 5.74) is -0.882. The second-order valence-corrected chi connectivity index (χ2v) is 12.0. The number of aromatic amines is 1. The molecule has 0 aliphatic carbocycles. The summed E-state index contributed by atoms with van der Waals surface area (Å²) in [5, 5.41) is 5.36. The van der Waals surface area contributed by atoms with Gasteiger partial charge >= 0.3 is 18.2 Å². The van der Waals surface area contributed by atoms with Crippen molar-refractivity contribution in [2.45, 2.75) is 57.4 Å². The first kappa shape index (κ1) is 34.2. The van der Waals surface area contributed by atoms with Crippen LogP contribution in [0.3, 0.4) is 0 Å². The van der Waals surface area contributed by atoms with E-state index in [2.05, 4.69) is 25.6 Å². The van der Waals surface area contributed by atoms with E-state index in [4.69, 9.17) is 14.2 Å². The van der Waals surface area contributed by atoms with Gasteiger partial charge in [-0.1, -0.05) is 0 Å². The second-order valence-electron chi connectivity index (χ2n) is 12.0. The maximum Gasteiger partial charge on any atom is 0.458 e. The van der Waals surface area contributed by atoms with Crippen LogP contribution in [-0.2, 0) is 10.7 Å². The number of H-pyrrole nitrogens is 1. The molecule has 1 saturated heterocycles. The van der Waals surface area contributed by atoms with Gasteiger partial charge in [-0.2, -0.15) is 22.0 Å². The van der Waals surface area contributed by atoms with Crippen LogP contribution in [0.1, 0.15) is 49.7 Å². The van der Waals surface area contributed by atoms with Crippen LogP contribution in [0.5, 0.6) is 17.2 Å². The molecule has 11 nitrogen and oxygen atoms in total. The summed E-state index contributed by atoms with van der Waals surface area (Å²) in [5.74, 6) is -5.40. The number of anilines is 2. The number of ether oxygens (including phenoxy) is 3. The first-order valence-corrected chi connectivity index (χ1v) is 14.9. The lowest BCUT2D eigenvalue weighted by Gasteiger charge is -2.29. The van der Waals surface area contributed by atoms with E-state index >= 15 is 0 Å². The minimum atomic E-state index is -5.88. The Morgan fingerprint density at radius 3 is 2.48 bits per heavy atom. The van der Waals surface area contributed by atoms with Crippen LogP contribution in [-0.4, -0.2) is 69.9 Å². The number of halogens is 5. The summed E-state index contributed by atoms with van der Waals surface area (Å²) in [7, 11) is 1.48. The van der Waals surface area contributed by atoms with Crippen molar-refractivity contribution in [1.82, 2.24) is 25.2 Å². The molecule has 2 amide bonds. The van der Waals surface area contributed by atoms with Crippen molar-refractivity contribution in [1.29, 1.82) is 0 Å². The van der Waals surface area contributed by atoms with Crippen molar-refractivity contribution in [3.05, 3.63) is 66.0 Å². The summed E-state index contributed by atoms with van der Waals surface area (Å²) in [6.45, 7) is 5.07. The third-order valence-electron chi connectivity index (χ3n) is 7.26. The smallest absolute Gasteiger partial charge is 0.458 e. The van der Waals surface area contributed by atoms with Gasteiger partial charge in [0.05, 0.1) is 22.6 Å². The number of carbonyl (C=O) groups is 2. The summed E-state index contributed by atoms with van der Waals surface area (Å²) in [4.78, 5) is 37.3. The number of pyridine rings is 1. The van der Waals surface area contributed by atoms with Crippen LogP contribution in [0, 0.1) is 0 Å². The molecule has 256 valence electrons. The van der Waals surface area contributed by atoms with Gasteiger partial charge in [-0.25, -0.2) is 9.78 Å². The highest BCUT2D eigenvalue weighted by atomic mass is 19.4. The number of alkyl halides is 5. The van der Waals surface area contributed by atoms with E-state index in [9.17, 15) is 31.5 Å². The van der Waals surface area contributed by atoms with E-state index in [1.54, 1.807) is 45.0 Å². The van der Waals surface area contributed by atoms with E-state index in [1.165, 1.54) is 24.2 Å². The third kappa shape index (κ3) is 7.69. The number of amides is 2. The lowest BCUT2D eigenvalue weighted by molar-refractivity contribution is -0.289. The zero-order chi connectivity index (χ0) is 34.9. The number of fused-ring (bicyclic) bond motifs is 1. The molecule has 1 fully saturated rings. The molecule has 2 aromatic carbocycles. The van der Waals surface area contributed by atoms with E-state index in [-0.39, 0.29) is 29.8 Å². The van der Waals surface area contributed by atoms with Crippen LogP contribution in [0.15, 0.2) is 54.7 Å². The van der Waals surface area contributed by atoms with Crippen molar-refractivity contribution in [2.75, 3.05) is 25.5 Å². The van der Waals surface area contributed by atoms with Gasteiger partial charge in [0.25, 0.3) is 5.91 Å². The van der Waals surface area contributed by atoms with Gasteiger partial charge in [-0.15, -0.1) is 0 Å². The number of carbonyl (C=O) groups excluding carboxylic acids is 2.